The fraction of sp³-hybridized carbons (Fsp3) is 0.188. The highest BCUT2D eigenvalue weighted by atomic mass is 79.9. The molecule has 0 amide bonds. The van der Waals surface area contributed by atoms with Gasteiger partial charge in [0.05, 0.1) is 11.8 Å². The van der Waals surface area contributed by atoms with E-state index < -0.39 is 28.9 Å². The minimum atomic E-state index is -4.54. The van der Waals surface area contributed by atoms with E-state index in [1.54, 1.807) is 0 Å². The van der Waals surface area contributed by atoms with Crippen molar-refractivity contribution in [3.05, 3.63) is 61.4 Å². The van der Waals surface area contributed by atoms with Crippen molar-refractivity contribution in [1.82, 2.24) is 10.3 Å². The number of carboxylic acids is 1. The largest absolute Gasteiger partial charge is 0.478 e. The zero-order valence-corrected chi connectivity index (χ0v) is 15.8. The number of carbonyl (C=O) groups is 1. The third kappa shape index (κ3) is 3.88. The summed E-state index contributed by atoms with van der Waals surface area (Å²) in [6.45, 7) is 1.47. The Kier molecular flexibility index (Phi) is 5.08. The second kappa shape index (κ2) is 7.04. The van der Waals surface area contributed by atoms with E-state index in [-0.39, 0.29) is 22.1 Å². The summed E-state index contributed by atoms with van der Waals surface area (Å²) >= 11 is 3.57. The molecular formula is C16H10BrF4N3O2S. The van der Waals surface area contributed by atoms with Crippen LogP contribution in [0.25, 0.3) is 0 Å². The maximum Gasteiger partial charge on any atom is 0.427 e. The molecule has 2 N–H and O–H groups in total. The van der Waals surface area contributed by atoms with Crippen molar-refractivity contribution in [2.45, 2.75) is 19.1 Å². The number of carboxylic acid groups (broad SMARTS) is 1. The zero-order valence-electron chi connectivity index (χ0n) is 13.4. The lowest BCUT2D eigenvalue weighted by Crippen LogP contribution is -2.32. The number of rotatable bonds is 3. The number of hydrogen-bond donors (Lipinski definition) is 2. The van der Waals surface area contributed by atoms with Gasteiger partial charge in [0.15, 0.2) is 10.8 Å². The summed E-state index contributed by atoms with van der Waals surface area (Å²) < 4.78 is 52.2. The minimum absolute atomic E-state index is 0.0132. The molecule has 1 aliphatic heterocycles. The summed E-state index contributed by atoms with van der Waals surface area (Å²) in [6.07, 6.45) is -3.85. The Morgan fingerprint density at radius 2 is 2.07 bits per heavy atom. The number of aliphatic carboxylic acids is 1. The summed E-state index contributed by atoms with van der Waals surface area (Å²) in [5.41, 5.74) is 0.468. The van der Waals surface area contributed by atoms with Gasteiger partial charge >= 0.3 is 12.1 Å². The van der Waals surface area contributed by atoms with Crippen molar-refractivity contribution in [2.75, 3.05) is 0 Å². The Balaban J connectivity index is 2.10. The number of aliphatic imine (C=N–C) groups is 1. The maximum atomic E-state index is 13.4. The van der Waals surface area contributed by atoms with Gasteiger partial charge in [-0.05, 0) is 24.6 Å². The number of amidine groups is 1. The molecule has 0 fully saturated rings. The first-order valence-corrected chi connectivity index (χ1v) is 8.96. The normalized spacial score (nSPS) is 17.6. The first kappa shape index (κ1) is 19.5. The van der Waals surface area contributed by atoms with E-state index in [1.165, 1.54) is 13.0 Å². The van der Waals surface area contributed by atoms with E-state index in [0.29, 0.717) is 27.6 Å². The van der Waals surface area contributed by atoms with Crippen LogP contribution in [0.1, 0.15) is 28.4 Å². The minimum Gasteiger partial charge on any atom is -0.478 e. The molecule has 0 saturated heterocycles. The van der Waals surface area contributed by atoms with E-state index in [2.05, 4.69) is 31.2 Å². The summed E-state index contributed by atoms with van der Waals surface area (Å²) in [4.78, 5) is 18.8. The Morgan fingerprint density at radius 3 is 2.63 bits per heavy atom. The number of allylic oxidation sites excluding steroid dienone is 1. The molecule has 0 aliphatic carbocycles. The fourth-order valence-corrected chi connectivity index (χ4v) is 3.83. The van der Waals surface area contributed by atoms with Crippen LogP contribution in [0.15, 0.2) is 45.1 Å². The molecule has 5 nitrogen and oxygen atoms in total. The topological polar surface area (TPSA) is 74.6 Å². The highest BCUT2D eigenvalue weighted by Crippen LogP contribution is 2.37. The summed E-state index contributed by atoms with van der Waals surface area (Å²) in [6, 6.07) is 2.63. The van der Waals surface area contributed by atoms with E-state index in [0.717, 1.165) is 12.1 Å². The number of alkyl halides is 3. The van der Waals surface area contributed by atoms with E-state index >= 15 is 0 Å². The lowest BCUT2D eigenvalue weighted by Gasteiger charge is -2.25. The van der Waals surface area contributed by atoms with Crippen LogP contribution in [-0.2, 0) is 11.0 Å². The number of hydrogen-bond acceptors (Lipinski definition) is 5. The van der Waals surface area contributed by atoms with Crippen LogP contribution in [0.3, 0.4) is 0 Å². The van der Waals surface area contributed by atoms with E-state index in [9.17, 15) is 27.5 Å². The van der Waals surface area contributed by atoms with Gasteiger partial charge in [-0.2, -0.15) is 13.2 Å². The SMILES string of the molecule is CC1=C(C(=O)O)C(c2ccc(F)cc2Br)N=C(c2ncc(C(F)(F)F)s2)N1. The van der Waals surface area contributed by atoms with Gasteiger partial charge in [-0.3, -0.25) is 4.99 Å². The monoisotopic (exact) mass is 463 g/mol. The van der Waals surface area contributed by atoms with Gasteiger partial charge in [-0.25, -0.2) is 14.2 Å². The summed E-state index contributed by atoms with van der Waals surface area (Å²) in [5, 5.41) is 12.2. The molecule has 1 aliphatic rings. The molecule has 1 aromatic carbocycles. The van der Waals surface area contributed by atoms with Crippen molar-refractivity contribution in [3.63, 3.8) is 0 Å². The third-order valence-corrected chi connectivity index (χ3v) is 5.45. The van der Waals surface area contributed by atoms with Crippen LogP contribution in [0.5, 0.6) is 0 Å². The summed E-state index contributed by atoms with van der Waals surface area (Å²) in [5.74, 6) is -1.77. The molecule has 1 atom stereocenters. The van der Waals surface area contributed by atoms with E-state index in [4.69, 9.17) is 0 Å². The number of halogens is 5. The van der Waals surface area contributed by atoms with Crippen molar-refractivity contribution < 1.29 is 27.5 Å². The van der Waals surface area contributed by atoms with Crippen LogP contribution < -0.4 is 5.32 Å². The molecule has 3 rings (SSSR count). The number of nitrogens with zero attached hydrogens (tertiary/aromatic N) is 2. The second-order valence-electron chi connectivity index (χ2n) is 5.54. The first-order valence-electron chi connectivity index (χ1n) is 7.35. The van der Waals surface area contributed by atoms with Crippen LogP contribution in [0.4, 0.5) is 17.6 Å². The summed E-state index contributed by atoms with van der Waals surface area (Å²) in [7, 11) is 0. The Hall–Kier alpha value is -2.27. The average molecular weight is 464 g/mol. The van der Waals surface area contributed by atoms with Crippen molar-refractivity contribution in [3.8, 4) is 0 Å². The molecule has 0 bridgehead atoms. The van der Waals surface area contributed by atoms with Crippen molar-refractivity contribution in [2.24, 2.45) is 4.99 Å². The molecule has 2 aromatic rings. The molecule has 0 saturated carbocycles. The Labute approximate surface area is 162 Å². The highest BCUT2D eigenvalue weighted by molar-refractivity contribution is 9.10. The molecule has 11 heteroatoms. The molecule has 0 radical (unpaired) electrons. The van der Waals surface area contributed by atoms with Crippen LogP contribution in [0, 0.1) is 5.82 Å². The van der Waals surface area contributed by atoms with Crippen LogP contribution in [-0.4, -0.2) is 21.9 Å². The van der Waals surface area contributed by atoms with Gasteiger partial charge in [0.25, 0.3) is 0 Å². The van der Waals surface area contributed by atoms with Crippen LogP contribution in [0.2, 0.25) is 0 Å². The molecular weight excluding hydrogens is 454 g/mol. The molecule has 142 valence electrons. The molecule has 1 aromatic heterocycles. The first-order chi connectivity index (χ1) is 12.6. The van der Waals surface area contributed by atoms with Gasteiger partial charge < -0.3 is 10.4 Å². The Bertz CT molecular complexity index is 984. The maximum absolute atomic E-state index is 13.4. The van der Waals surface area contributed by atoms with Gasteiger partial charge in [0, 0.05) is 10.2 Å². The predicted molar refractivity (Wildman–Crippen MR) is 94.0 cm³/mol. The standard InChI is InChI=1S/C16H10BrF4N3O2S/c1-6-11(15(25)26)12(8-3-2-7(18)4-9(8)17)24-13(23-6)14-22-5-10(27-14)16(19,20)21/h2-5,12H,1H3,(H,23,24)(H,25,26). The lowest BCUT2D eigenvalue weighted by molar-refractivity contribution is -0.134. The molecule has 2 heterocycles. The van der Waals surface area contributed by atoms with Gasteiger partial charge in [-0.1, -0.05) is 22.0 Å². The van der Waals surface area contributed by atoms with Crippen molar-refractivity contribution in [1.29, 1.82) is 0 Å². The fourth-order valence-electron chi connectivity index (χ4n) is 2.52. The zero-order chi connectivity index (χ0) is 19.9. The number of aromatic nitrogens is 1. The van der Waals surface area contributed by atoms with E-state index in [1.807, 2.05) is 0 Å². The average Bonchev–Trinajstić information content (AvgIpc) is 3.04. The number of thiazole rings is 1. The molecule has 0 spiro atoms. The predicted octanol–water partition coefficient (Wildman–Crippen LogP) is 4.51. The second-order valence-corrected chi connectivity index (χ2v) is 7.43. The Morgan fingerprint density at radius 1 is 1.37 bits per heavy atom. The van der Waals surface area contributed by atoms with Crippen LogP contribution >= 0.6 is 27.3 Å². The van der Waals surface area contributed by atoms with Gasteiger partial charge in [0.2, 0.25) is 0 Å². The highest BCUT2D eigenvalue weighted by Gasteiger charge is 2.35. The molecule has 27 heavy (non-hydrogen) atoms. The molecule has 1 unspecified atom stereocenters. The third-order valence-electron chi connectivity index (χ3n) is 3.72. The lowest BCUT2D eigenvalue weighted by atomic mass is 9.96. The number of nitrogens with one attached hydrogen (secondary N) is 1. The number of benzene rings is 1. The smallest absolute Gasteiger partial charge is 0.427 e. The van der Waals surface area contributed by atoms with Crippen molar-refractivity contribution >= 4 is 39.1 Å². The van der Waals surface area contributed by atoms with Gasteiger partial charge in [0.1, 0.15) is 16.7 Å². The quantitative estimate of drug-likeness (QED) is 0.656. The van der Waals surface area contributed by atoms with Gasteiger partial charge in [-0.15, -0.1) is 11.3 Å².